The predicted molar refractivity (Wildman–Crippen MR) is 90.4 cm³/mol. The molecular formula is C21H29NO2. The molecule has 0 radical (unpaired) electrons. The van der Waals surface area contributed by atoms with Crippen LogP contribution >= 0.6 is 0 Å². The quantitative estimate of drug-likeness (QED) is 0.783. The number of carbonyl (C=O) groups excluding carboxylic acids is 1. The maximum Gasteiger partial charge on any atom is 0.338 e. The number of carbonyl (C=O) groups is 1. The van der Waals surface area contributed by atoms with Gasteiger partial charge in [0.05, 0.1) is 11.1 Å². The molecule has 0 aromatic heterocycles. The average Bonchev–Trinajstić information content (AvgIpc) is 2.52. The molecule has 6 fully saturated rings. The van der Waals surface area contributed by atoms with Gasteiger partial charge in [-0.1, -0.05) is 0 Å². The number of nitrogens with one attached hydrogen (secondary N) is 1. The Hall–Kier alpha value is -0.990. The second kappa shape index (κ2) is 4.80. The van der Waals surface area contributed by atoms with Gasteiger partial charge >= 0.3 is 5.97 Å². The number of allylic oxidation sites excluding steroid dienone is 2. The molecule has 0 aromatic rings. The van der Waals surface area contributed by atoms with Gasteiger partial charge in [-0.3, -0.25) is 0 Å². The van der Waals surface area contributed by atoms with Crippen LogP contribution in [-0.4, -0.2) is 5.97 Å². The monoisotopic (exact) mass is 327 g/mol. The van der Waals surface area contributed by atoms with E-state index in [-0.39, 0.29) is 11.4 Å². The average molecular weight is 327 g/mol. The summed E-state index contributed by atoms with van der Waals surface area (Å²) in [5.41, 5.74) is 5.97. The summed E-state index contributed by atoms with van der Waals surface area (Å²) >= 11 is 0. The summed E-state index contributed by atoms with van der Waals surface area (Å²) in [5.74, 6) is 4.95. The van der Waals surface area contributed by atoms with Crippen molar-refractivity contribution in [1.29, 1.82) is 0 Å². The van der Waals surface area contributed by atoms with Crippen LogP contribution in [0, 0.1) is 40.9 Å². The van der Waals surface area contributed by atoms with Gasteiger partial charge in [-0.2, -0.15) is 0 Å². The van der Waals surface area contributed by atoms with E-state index in [9.17, 15) is 4.79 Å². The summed E-state index contributed by atoms with van der Waals surface area (Å²) in [6.07, 6.45) is 14.0. The third-order valence-corrected chi connectivity index (χ3v) is 8.49. The number of rotatable bonds is 3. The fourth-order valence-corrected chi connectivity index (χ4v) is 8.15. The zero-order chi connectivity index (χ0) is 15.9. The van der Waals surface area contributed by atoms with Crippen LogP contribution in [0.4, 0.5) is 0 Å². The Labute approximate surface area is 144 Å². The van der Waals surface area contributed by atoms with Crippen molar-refractivity contribution in [1.82, 2.24) is 5.48 Å². The summed E-state index contributed by atoms with van der Waals surface area (Å²) in [6.45, 7) is 0. The van der Waals surface area contributed by atoms with E-state index in [1.165, 1.54) is 57.1 Å². The maximum atomic E-state index is 13.0. The molecule has 0 heterocycles. The summed E-state index contributed by atoms with van der Waals surface area (Å²) in [5, 5.41) is 0. The van der Waals surface area contributed by atoms with E-state index in [1.54, 1.807) is 5.57 Å². The Morgan fingerprint density at radius 2 is 1.38 bits per heavy atom. The van der Waals surface area contributed by atoms with Gasteiger partial charge in [0.1, 0.15) is 0 Å². The van der Waals surface area contributed by atoms with Crippen LogP contribution in [0.25, 0.3) is 0 Å². The molecule has 8 aliphatic carbocycles. The van der Waals surface area contributed by atoms with Crippen LogP contribution in [0.1, 0.15) is 70.6 Å². The van der Waals surface area contributed by atoms with Crippen molar-refractivity contribution in [3.8, 4) is 0 Å². The molecule has 3 nitrogen and oxygen atoms in total. The zero-order valence-electron chi connectivity index (χ0n) is 14.6. The van der Waals surface area contributed by atoms with Gasteiger partial charge in [0, 0.05) is 5.92 Å². The van der Waals surface area contributed by atoms with Gasteiger partial charge in [0.25, 0.3) is 0 Å². The van der Waals surface area contributed by atoms with Gasteiger partial charge in [-0.15, -0.1) is 0 Å². The molecule has 8 bridgehead atoms. The van der Waals surface area contributed by atoms with Crippen molar-refractivity contribution in [2.24, 2.45) is 40.9 Å². The molecule has 0 amide bonds. The minimum Gasteiger partial charge on any atom is -0.343 e. The fourth-order valence-electron chi connectivity index (χ4n) is 8.15. The second-order valence-electron chi connectivity index (χ2n) is 10.3. The van der Waals surface area contributed by atoms with Crippen molar-refractivity contribution in [3.05, 3.63) is 11.3 Å². The highest BCUT2D eigenvalue weighted by molar-refractivity contribution is 5.77. The van der Waals surface area contributed by atoms with E-state index in [0.29, 0.717) is 5.92 Å². The van der Waals surface area contributed by atoms with Gasteiger partial charge in [0.2, 0.25) is 0 Å². The fraction of sp³-hybridized carbons (Fsp3) is 0.857. The van der Waals surface area contributed by atoms with Crippen LogP contribution in [0.2, 0.25) is 0 Å². The van der Waals surface area contributed by atoms with Crippen molar-refractivity contribution in [2.45, 2.75) is 70.6 Å². The topological polar surface area (TPSA) is 38.3 Å². The van der Waals surface area contributed by atoms with E-state index in [1.807, 2.05) is 0 Å². The Morgan fingerprint density at radius 1 is 0.833 bits per heavy atom. The van der Waals surface area contributed by atoms with Crippen LogP contribution in [-0.2, 0) is 9.63 Å². The normalized spacial score (nSPS) is 50.5. The summed E-state index contributed by atoms with van der Waals surface area (Å²) in [6, 6.07) is 0. The molecule has 2 unspecified atom stereocenters. The van der Waals surface area contributed by atoms with Crippen LogP contribution < -0.4 is 5.48 Å². The van der Waals surface area contributed by atoms with E-state index in [4.69, 9.17) is 4.84 Å². The van der Waals surface area contributed by atoms with Crippen molar-refractivity contribution < 1.29 is 9.63 Å². The number of hydrogen-bond acceptors (Lipinski definition) is 3. The highest BCUT2D eigenvalue weighted by atomic mass is 16.7. The summed E-state index contributed by atoms with van der Waals surface area (Å²) < 4.78 is 0. The number of hydrogen-bond donors (Lipinski definition) is 1. The van der Waals surface area contributed by atoms with Crippen molar-refractivity contribution in [2.75, 3.05) is 0 Å². The lowest BCUT2D eigenvalue weighted by Gasteiger charge is -2.55. The minimum atomic E-state index is -0.140. The highest BCUT2D eigenvalue weighted by Crippen LogP contribution is 2.60. The minimum absolute atomic E-state index is 0.0727. The molecule has 24 heavy (non-hydrogen) atoms. The van der Waals surface area contributed by atoms with E-state index >= 15 is 0 Å². The lowest BCUT2D eigenvalue weighted by molar-refractivity contribution is -0.178. The van der Waals surface area contributed by atoms with E-state index in [2.05, 4.69) is 5.48 Å². The van der Waals surface area contributed by atoms with Crippen LogP contribution in [0.3, 0.4) is 0 Å². The molecule has 3 heteroatoms. The molecular weight excluding hydrogens is 298 g/mol. The first-order valence-corrected chi connectivity index (χ1v) is 10.4. The number of hydroxylamine groups is 1. The Balaban J connectivity index is 1.19. The van der Waals surface area contributed by atoms with Crippen LogP contribution in [0.15, 0.2) is 11.3 Å². The molecule has 6 saturated carbocycles. The third kappa shape index (κ3) is 1.99. The SMILES string of the molecule is O=C(ONC1=C2CC3CC(C2)CC1C3)C12CC3CC(CC(C3)C1)C2. The molecule has 130 valence electrons. The lowest BCUT2D eigenvalue weighted by Crippen LogP contribution is -2.51. The van der Waals surface area contributed by atoms with Gasteiger partial charge in [0.15, 0.2) is 0 Å². The summed E-state index contributed by atoms with van der Waals surface area (Å²) in [4.78, 5) is 18.8. The molecule has 0 aromatic carbocycles. The largest absolute Gasteiger partial charge is 0.343 e. The molecule has 1 N–H and O–H groups in total. The first-order chi connectivity index (χ1) is 11.7. The molecule has 8 aliphatic rings. The standard InChI is InChI=1S/C21H29NO2/c23-20(21-9-14-2-15(10-21)4-16(3-14)11-21)24-22-19-17-5-12-1-13(7-17)8-18(19)6-12/h12-17,22H,1-11H2. The first-order valence-electron chi connectivity index (χ1n) is 10.4. The van der Waals surface area contributed by atoms with Crippen molar-refractivity contribution in [3.63, 3.8) is 0 Å². The maximum absolute atomic E-state index is 13.0. The second-order valence-corrected chi connectivity index (χ2v) is 10.3. The van der Waals surface area contributed by atoms with Gasteiger partial charge < -0.3 is 4.84 Å². The molecule has 0 saturated heterocycles. The van der Waals surface area contributed by atoms with E-state index < -0.39 is 0 Å². The highest BCUT2D eigenvalue weighted by Gasteiger charge is 2.56. The molecule has 0 spiro atoms. The Morgan fingerprint density at radius 3 is 1.92 bits per heavy atom. The third-order valence-electron chi connectivity index (χ3n) is 8.49. The molecule has 0 aliphatic heterocycles. The lowest BCUT2D eigenvalue weighted by atomic mass is 9.49. The smallest absolute Gasteiger partial charge is 0.338 e. The summed E-state index contributed by atoms with van der Waals surface area (Å²) in [7, 11) is 0. The predicted octanol–water partition coefficient (Wildman–Crippen LogP) is 4.34. The molecule has 8 rings (SSSR count). The Bertz CT molecular complexity index is 570. The van der Waals surface area contributed by atoms with Crippen molar-refractivity contribution >= 4 is 5.97 Å². The van der Waals surface area contributed by atoms with Gasteiger partial charge in [-0.25, -0.2) is 10.3 Å². The van der Waals surface area contributed by atoms with Crippen LogP contribution in [0.5, 0.6) is 0 Å². The van der Waals surface area contributed by atoms with E-state index in [0.717, 1.165) is 48.9 Å². The zero-order valence-corrected chi connectivity index (χ0v) is 14.6. The molecule has 2 atom stereocenters. The first kappa shape index (κ1) is 14.2. The van der Waals surface area contributed by atoms with Gasteiger partial charge in [-0.05, 0) is 106 Å². The Kier molecular flexibility index (Phi) is 2.84.